The van der Waals surface area contributed by atoms with E-state index >= 15 is 0 Å². The minimum absolute atomic E-state index is 0.000974. The summed E-state index contributed by atoms with van der Waals surface area (Å²) in [5.74, 6) is -0.166. The van der Waals surface area contributed by atoms with Crippen molar-refractivity contribution in [3.63, 3.8) is 0 Å². The van der Waals surface area contributed by atoms with Crippen molar-refractivity contribution < 1.29 is 9.90 Å². The number of aryl methyl sites for hydroxylation is 2. The zero-order valence-electron chi connectivity index (χ0n) is 22.6. The molecule has 3 heterocycles. The van der Waals surface area contributed by atoms with Crippen LogP contribution in [0, 0.1) is 0 Å². The van der Waals surface area contributed by atoms with Crippen LogP contribution in [0.3, 0.4) is 0 Å². The summed E-state index contributed by atoms with van der Waals surface area (Å²) in [5.41, 5.74) is 5.78. The second kappa shape index (κ2) is 11.4. The monoisotopic (exact) mass is 529 g/mol. The smallest absolute Gasteiger partial charge is 0.332 e. The molecule has 1 N–H and O–H groups in total. The summed E-state index contributed by atoms with van der Waals surface area (Å²) in [6.45, 7) is 4.17. The van der Waals surface area contributed by atoms with Crippen LogP contribution in [0.4, 0.5) is 5.82 Å². The molecule has 0 saturated carbocycles. The molecule has 204 valence electrons. The molecule has 1 aliphatic heterocycles. The van der Waals surface area contributed by atoms with Gasteiger partial charge in [-0.25, -0.2) is 4.79 Å². The number of hydrogen-bond acceptors (Lipinski definition) is 6. The van der Waals surface area contributed by atoms with Crippen molar-refractivity contribution in [1.82, 2.24) is 19.0 Å². The maximum absolute atomic E-state index is 12.4. The maximum Gasteiger partial charge on any atom is 0.332 e. The van der Waals surface area contributed by atoms with Gasteiger partial charge in [0.05, 0.1) is 12.1 Å². The molecular formula is C30H35N5O4. The number of hydrogen-bond donors (Lipinski definition) is 1. The van der Waals surface area contributed by atoms with Crippen LogP contribution in [0.15, 0.2) is 58.3 Å². The molecular weight excluding hydrogens is 494 g/mol. The molecule has 0 amide bonds. The Bertz CT molecular complexity index is 1540. The van der Waals surface area contributed by atoms with Crippen LogP contribution in [0.1, 0.15) is 40.8 Å². The third kappa shape index (κ3) is 5.73. The predicted molar refractivity (Wildman–Crippen MR) is 151 cm³/mol. The van der Waals surface area contributed by atoms with Crippen molar-refractivity contribution in [1.29, 1.82) is 0 Å². The second-order valence-corrected chi connectivity index (χ2v) is 10.4. The van der Waals surface area contributed by atoms with E-state index in [1.807, 2.05) is 24.4 Å². The SMILES string of the molecule is Cn1c(N2CCCN(CC/C=C3\c4cc(CC(=O)O)ccc4CCc4cccnc43)CC2)cc(=O)n(C)c1=O. The molecule has 1 aromatic carbocycles. The highest BCUT2D eigenvalue weighted by atomic mass is 16.4. The van der Waals surface area contributed by atoms with Gasteiger partial charge < -0.3 is 14.9 Å². The van der Waals surface area contributed by atoms with Crippen LogP contribution >= 0.6 is 0 Å². The lowest BCUT2D eigenvalue weighted by molar-refractivity contribution is -0.136. The van der Waals surface area contributed by atoms with Gasteiger partial charge in [0.15, 0.2) is 0 Å². The van der Waals surface area contributed by atoms with Crippen LogP contribution < -0.4 is 16.1 Å². The van der Waals surface area contributed by atoms with Gasteiger partial charge in [0.1, 0.15) is 5.82 Å². The van der Waals surface area contributed by atoms with E-state index in [0.29, 0.717) is 5.82 Å². The number of aliphatic carboxylic acids is 1. The van der Waals surface area contributed by atoms with Gasteiger partial charge in [-0.15, -0.1) is 0 Å². The molecule has 39 heavy (non-hydrogen) atoms. The number of anilines is 1. The van der Waals surface area contributed by atoms with Gasteiger partial charge in [0.25, 0.3) is 5.56 Å². The molecule has 9 heteroatoms. The van der Waals surface area contributed by atoms with Gasteiger partial charge in [0, 0.05) is 58.1 Å². The maximum atomic E-state index is 12.4. The van der Waals surface area contributed by atoms with Gasteiger partial charge >= 0.3 is 11.7 Å². The van der Waals surface area contributed by atoms with Crippen molar-refractivity contribution >= 4 is 17.4 Å². The lowest BCUT2D eigenvalue weighted by Crippen LogP contribution is -2.41. The molecule has 3 aromatic rings. The fourth-order valence-electron chi connectivity index (χ4n) is 5.70. The summed E-state index contributed by atoms with van der Waals surface area (Å²) in [6, 6.07) is 11.7. The van der Waals surface area contributed by atoms with E-state index in [-0.39, 0.29) is 17.7 Å². The number of carboxylic acids is 1. The van der Waals surface area contributed by atoms with E-state index in [4.69, 9.17) is 4.98 Å². The largest absolute Gasteiger partial charge is 0.481 e. The van der Waals surface area contributed by atoms with E-state index in [0.717, 1.165) is 85.4 Å². The van der Waals surface area contributed by atoms with Gasteiger partial charge in [-0.3, -0.25) is 23.7 Å². The Morgan fingerprint density at radius 1 is 1.00 bits per heavy atom. The van der Waals surface area contributed by atoms with Crippen LogP contribution in [-0.4, -0.2) is 62.8 Å². The first-order valence-corrected chi connectivity index (χ1v) is 13.5. The van der Waals surface area contributed by atoms with Gasteiger partial charge in [0.2, 0.25) is 0 Å². The molecule has 0 spiro atoms. The second-order valence-electron chi connectivity index (χ2n) is 10.4. The van der Waals surface area contributed by atoms with E-state index in [1.165, 1.54) is 18.2 Å². The molecule has 1 saturated heterocycles. The molecule has 1 fully saturated rings. The van der Waals surface area contributed by atoms with Gasteiger partial charge in [-0.2, -0.15) is 0 Å². The Hall–Kier alpha value is -3.98. The van der Waals surface area contributed by atoms with Crippen LogP contribution in [0.2, 0.25) is 0 Å². The molecule has 2 aromatic heterocycles. The first-order valence-electron chi connectivity index (χ1n) is 13.5. The number of nitrogens with zero attached hydrogens (tertiary/aromatic N) is 5. The zero-order valence-corrected chi connectivity index (χ0v) is 22.6. The van der Waals surface area contributed by atoms with E-state index < -0.39 is 5.97 Å². The lowest BCUT2D eigenvalue weighted by atomic mass is 9.94. The summed E-state index contributed by atoms with van der Waals surface area (Å²) < 4.78 is 2.68. The third-order valence-electron chi connectivity index (χ3n) is 7.84. The molecule has 0 bridgehead atoms. The molecule has 5 rings (SSSR count). The highest BCUT2D eigenvalue weighted by molar-refractivity contribution is 5.83. The number of rotatable bonds is 6. The molecule has 9 nitrogen and oxygen atoms in total. The molecule has 0 atom stereocenters. The highest BCUT2D eigenvalue weighted by Crippen LogP contribution is 2.33. The van der Waals surface area contributed by atoms with E-state index in [9.17, 15) is 19.5 Å². The summed E-state index contributed by atoms with van der Waals surface area (Å²) in [4.78, 5) is 45.3. The summed E-state index contributed by atoms with van der Waals surface area (Å²) in [6.07, 6.45) is 7.65. The summed E-state index contributed by atoms with van der Waals surface area (Å²) in [7, 11) is 3.21. The van der Waals surface area contributed by atoms with E-state index in [1.54, 1.807) is 17.7 Å². The normalized spacial score (nSPS) is 16.9. The number of carbonyl (C=O) groups is 1. The molecule has 1 aliphatic carbocycles. The van der Waals surface area contributed by atoms with Crippen molar-refractivity contribution in [3.8, 4) is 0 Å². The minimum Gasteiger partial charge on any atom is -0.481 e. The first kappa shape index (κ1) is 26.6. The minimum atomic E-state index is -0.834. The molecule has 2 aliphatic rings. The zero-order chi connectivity index (χ0) is 27.5. The Balaban J connectivity index is 1.34. The fourth-order valence-corrected chi connectivity index (χ4v) is 5.70. The van der Waals surface area contributed by atoms with Crippen molar-refractivity contribution in [2.45, 2.75) is 32.1 Å². The Labute approximate surface area is 227 Å². The average molecular weight is 530 g/mol. The first-order chi connectivity index (χ1) is 18.8. The number of pyridine rings is 1. The topological polar surface area (TPSA) is 101 Å². The number of fused-ring (bicyclic) bond motifs is 2. The Kier molecular flexibility index (Phi) is 7.79. The number of benzene rings is 1. The molecule has 0 unspecified atom stereocenters. The van der Waals surface area contributed by atoms with Crippen molar-refractivity contribution in [3.05, 3.63) is 97.5 Å². The number of carboxylic acid groups (broad SMARTS) is 1. The summed E-state index contributed by atoms with van der Waals surface area (Å²) >= 11 is 0. The Morgan fingerprint density at radius 3 is 2.64 bits per heavy atom. The van der Waals surface area contributed by atoms with E-state index in [2.05, 4.69) is 28.0 Å². The van der Waals surface area contributed by atoms with Crippen LogP contribution in [-0.2, 0) is 38.2 Å². The van der Waals surface area contributed by atoms with Crippen molar-refractivity contribution in [2.75, 3.05) is 37.6 Å². The lowest BCUT2D eigenvalue weighted by Gasteiger charge is -2.25. The number of aromatic nitrogens is 3. The van der Waals surface area contributed by atoms with Crippen LogP contribution in [0.5, 0.6) is 0 Å². The Morgan fingerprint density at radius 2 is 1.82 bits per heavy atom. The highest BCUT2D eigenvalue weighted by Gasteiger charge is 2.21. The third-order valence-corrected chi connectivity index (χ3v) is 7.84. The molecule has 0 radical (unpaired) electrons. The summed E-state index contributed by atoms with van der Waals surface area (Å²) in [5, 5.41) is 9.34. The predicted octanol–water partition coefficient (Wildman–Crippen LogP) is 2.24. The quantitative estimate of drug-likeness (QED) is 0.523. The average Bonchev–Trinajstić information content (AvgIpc) is 3.25. The van der Waals surface area contributed by atoms with Gasteiger partial charge in [-0.1, -0.05) is 30.3 Å². The fraction of sp³-hybridized carbons (Fsp3) is 0.400. The van der Waals surface area contributed by atoms with Crippen molar-refractivity contribution in [2.24, 2.45) is 14.1 Å². The van der Waals surface area contributed by atoms with Gasteiger partial charge in [-0.05, 0) is 60.5 Å². The standard InChI is InChI=1S/C30H35N5O4/c1-32-26(20-27(36)33(2)30(32)39)35-15-5-14-34(16-17-35)13-4-7-24-25-18-21(19-28(37)38)8-9-22(25)10-11-23-6-3-12-31-29(23)24/h3,6-9,12,18,20H,4-5,10-11,13-17,19H2,1-2H3,(H,37,38)/b24-7+. The van der Waals surface area contributed by atoms with Crippen LogP contribution in [0.25, 0.3) is 5.57 Å².